The number of aryl methyl sites for hydroxylation is 1. The number of nitrogens with zero attached hydrogens (tertiary/aromatic N) is 2. The van der Waals surface area contributed by atoms with Crippen LogP contribution in [-0.2, 0) is 27.8 Å². The third-order valence-electron chi connectivity index (χ3n) is 13.2. The number of hydrogen-bond donors (Lipinski definition) is 2. The molecule has 2 bridgehead atoms. The molecule has 2 aromatic rings. The van der Waals surface area contributed by atoms with Crippen molar-refractivity contribution in [3.8, 4) is 5.75 Å². The Kier molecular flexibility index (Phi) is 11.0. The van der Waals surface area contributed by atoms with E-state index < -0.39 is 26.8 Å². The number of benzene rings is 2. The van der Waals surface area contributed by atoms with Crippen LogP contribution in [0.5, 0.6) is 5.75 Å². The van der Waals surface area contributed by atoms with E-state index in [1.54, 1.807) is 25.1 Å². The zero-order valence-electron chi connectivity index (χ0n) is 30.4. The zero-order chi connectivity index (χ0) is 35.8. The van der Waals surface area contributed by atoms with Gasteiger partial charge in [-0.1, -0.05) is 31.0 Å². The van der Waals surface area contributed by atoms with Gasteiger partial charge in [-0.3, -0.25) is 4.79 Å². The van der Waals surface area contributed by atoms with Crippen LogP contribution >= 0.6 is 11.6 Å². The van der Waals surface area contributed by atoms with Crippen LogP contribution in [0.25, 0.3) is 0 Å². The van der Waals surface area contributed by atoms with Gasteiger partial charge in [-0.2, -0.15) is 0 Å². The number of fused-ring (bicyclic) bond motifs is 3. The Balaban J connectivity index is 1.21. The molecule has 4 aliphatic heterocycles. The second-order valence-electron chi connectivity index (χ2n) is 16.5. The molecule has 0 aromatic heterocycles. The van der Waals surface area contributed by atoms with Crippen molar-refractivity contribution in [3.05, 3.63) is 58.1 Å². The average Bonchev–Trinajstić information content (AvgIpc) is 3.53. The summed E-state index contributed by atoms with van der Waals surface area (Å²) in [7, 11) is -3.94. The van der Waals surface area contributed by atoms with Gasteiger partial charge in [0.2, 0.25) is 10.0 Å². The van der Waals surface area contributed by atoms with E-state index in [9.17, 15) is 18.3 Å². The van der Waals surface area contributed by atoms with Gasteiger partial charge in [-0.25, -0.2) is 13.1 Å². The van der Waals surface area contributed by atoms with Crippen LogP contribution < -0.4 is 14.4 Å². The van der Waals surface area contributed by atoms with E-state index in [4.69, 9.17) is 21.1 Å². The van der Waals surface area contributed by atoms with Crippen LogP contribution in [0.3, 0.4) is 0 Å². The molecular weight excluding hydrogens is 686 g/mol. The molecule has 1 saturated carbocycles. The highest BCUT2D eigenvalue weighted by atomic mass is 35.5. The molecule has 2 saturated heterocycles. The topological polar surface area (TPSA) is 108 Å². The molecule has 11 heteroatoms. The van der Waals surface area contributed by atoms with Gasteiger partial charge in [-0.05, 0) is 149 Å². The molecule has 1 amide bonds. The van der Waals surface area contributed by atoms with Crippen LogP contribution in [-0.4, -0.2) is 81.1 Å². The summed E-state index contributed by atoms with van der Waals surface area (Å²) < 4.78 is 41.8. The third kappa shape index (κ3) is 8.10. The largest absolute Gasteiger partial charge is 0.487 e. The Hall–Kier alpha value is -2.37. The number of likely N-dealkylation sites (tertiary alicyclic amines) is 1. The lowest BCUT2D eigenvalue weighted by molar-refractivity contribution is -0.111. The summed E-state index contributed by atoms with van der Waals surface area (Å²) in [6.45, 7) is 9.78. The van der Waals surface area contributed by atoms with Crippen molar-refractivity contribution in [2.75, 3.05) is 50.8 Å². The summed E-state index contributed by atoms with van der Waals surface area (Å²) in [5, 5.41) is 12.7. The Morgan fingerprint density at radius 3 is 2.53 bits per heavy atom. The first-order valence-corrected chi connectivity index (χ1v) is 21.2. The maximum atomic E-state index is 13.6. The fourth-order valence-electron chi connectivity index (χ4n) is 9.41. The van der Waals surface area contributed by atoms with Gasteiger partial charge in [0.05, 0.1) is 23.1 Å². The summed E-state index contributed by atoms with van der Waals surface area (Å²) >= 11 is 6.39. The molecule has 7 rings (SSSR count). The number of anilines is 1. The minimum atomic E-state index is -3.94. The van der Waals surface area contributed by atoms with Crippen molar-refractivity contribution >= 4 is 33.2 Å². The van der Waals surface area contributed by atoms with Crippen molar-refractivity contribution in [2.45, 2.75) is 102 Å². The van der Waals surface area contributed by atoms with Crippen molar-refractivity contribution in [3.63, 3.8) is 0 Å². The van der Waals surface area contributed by atoms with E-state index >= 15 is 0 Å². The Labute approximate surface area is 309 Å². The van der Waals surface area contributed by atoms with E-state index in [2.05, 4.69) is 14.5 Å². The number of ether oxygens (including phenoxy) is 2. The molecule has 9 nitrogen and oxygen atoms in total. The van der Waals surface area contributed by atoms with Gasteiger partial charge in [0.1, 0.15) is 12.4 Å². The summed E-state index contributed by atoms with van der Waals surface area (Å²) in [6.07, 6.45) is 10.2. The molecule has 280 valence electrons. The summed E-state index contributed by atoms with van der Waals surface area (Å²) in [5.41, 5.74) is 2.77. The Morgan fingerprint density at radius 1 is 0.961 bits per heavy atom. The van der Waals surface area contributed by atoms with Gasteiger partial charge in [0.15, 0.2) is 0 Å². The van der Waals surface area contributed by atoms with E-state index in [1.807, 2.05) is 25.1 Å². The van der Waals surface area contributed by atoms with E-state index in [0.29, 0.717) is 42.2 Å². The maximum absolute atomic E-state index is 13.6. The molecule has 5 aliphatic rings. The highest BCUT2D eigenvalue weighted by Crippen LogP contribution is 2.47. The average molecular weight is 742 g/mol. The number of β-amino-alcohol motifs (C(OH)–C–C–N with tert-alkyl or cyclic N) is 1. The number of nitrogens with one attached hydrogen (secondary N) is 1. The number of sulfonamides is 1. The van der Waals surface area contributed by atoms with Gasteiger partial charge in [0.25, 0.3) is 5.91 Å². The molecule has 2 aromatic carbocycles. The molecule has 0 radical (unpaired) electrons. The van der Waals surface area contributed by atoms with Crippen LogP contribution in [0.2, 0.25) is 5.02 Å². The maximum Gasteiger partial charge on any atom is 0.264 e. The summed E-state index contributed by atoms with van der Waals surface area (Å²) in [4.78, 5) is 18.4. The van der Waals surface area contributed by atoms with Crippen LogP contribution in [0.1, 0.15) is 99.5 Å². The van der Waals surface area contributed by atoms with Crippen molar-refractivity contribution in [2.24, 2.45) is 23.2 Å². The Morgan fingerprint density at radius 2 is 1.78 bits per heavy atom. The SMILES string of the molecule is C[C@@H]1[C@@H](C)CCC[C@@](O)(CN2CCC3(CCOC3)CC2)[C@@H]2CC[C@H]2CN2CCCCc3cc(Cl)ccc3COc3ccc(cc32)C(=O)NS1(=O)=O. The monoisotopic (exact) mass is 741 g/mol. The van der Waals surface area contributed by atoms with E-state index in [0.717, 1.165) is 108 Å². The van der Waals surface area contributed by atoms with Crippen LogP contribution in [0, 0.1) is 23.2 Å². The molecule has 2 N–H and O–H groups in total. The first-order chi connectivity index (χ1) is 24.4. The number of amides is 1. The number of rotatable bonds is 2. The second-order valence-corrected chi connectivity index (χ2v) is 18.9. The number of piperidine rings is 1. The van der Waals surface area contributed by atoms with E-state index in [1.165, 1.54) is 5.56 Å². The quantitative estimate of drug-likeness (QED) is 0.355. The lowest BCUT2D eigenvalue weighted by Crippen LogP contribution is -2.57. The third-order valence-corrected chi connectivity index (χ3v) is 15.3. The number of carbonyl (C=O) groups excluding carboxylic acids is 1. The fourth-order valence-corrected chi connectivity index (χ4v) is 10.9. The highest BCUT2D eigenvalue weighted by molar-refractivity contribution is 7.90. The molecular formula is C40H56ClN3O6S. The van der Waals surface area contributed by atoms with Crippen molar-refractivity contribution < 1.29 is 27.8 Å². The molecule has 1 spiro atoms. The van der Waals surface area contributed by atoms with Gasteiger partial charge in [-0.15, -0.1) is 0 Å². The zero-order valence-corrected chi connectivity index (χ0v) is 32.0. The Bertz CT molecular complexity index is 1670. The van der Waals surface area contributed by atoms with Crippen molar-refractivity contribution in [1.82, 2.24) is 9.62 Å². The molecule has 4 heterocycles. The van der Waals surface area contributed by atoms with Gasteiger partial charge < -0.3 is 24.4 Å². The number of hydrogen-bond acceptors (Lipinski definition) is 8. The van der Waals surface area contributed by atoms with Crippen LogP contribution in [0.15, 0.2) is 36.4 Å². The first kappa shape index (κ1) is 37.0. The van der Waals surface area contributed by atoms with E-state index in [-0.39, 0.29) is 23.3 Å². The molecule has 3 fully saturated rings. The summed E-state index contributed by atoms with van der Waals surface area (Å²) in [5.74, 6) is 0.264. The molecule has 0 unspecified atom stereocenters. The summed E-state index contributed by atoms with van der Waals surface area (Å²) in [6, 6.07) is 11.2. The van der Waals surface area contributed by atoms with Crippen LogP contribution in [0.4, 0.5) is 5.69 Å². The molecule has 5 atom stereocenters. The molecule has 51 heavy (non-hydrogen) atoms. The minimum Gasteiger partial charge on any atom is -0.487 e. The minimum absolute atomic E-state index is 0.132. The highest BCUT2D eigenvalue weighted by Gasteiger charge is 2.49. The fraction of sp³-hybridized carbons (Fsp3) is 0.675. The number of halogens is 1. The first-order valence-electron chi connectivity index (χ1n) is 19.3. The predicted octanol–water partition coefficient (Wildman–Crippen LogP) is 6.59. The standard InChI is InChI=1S/C40H56ClN3O6S/c1-28-6-5-14-40(46,26-43-19-15-39(16-20-43)17-21-49-27-39)35-12-9-32(35)24-44-18-4-3-7-30-22-34(41)11-8-33(30)25-50-37-13-10-31(23-36(37)44)38(45)42-51(47,48)29(28)2/h8,10-11,13,22-23,28-29,32,35,46H,3-7,9,12,14-21,24-27H2,1-2H3,(H,42,45)/t28-,29+,32-,35+,40+/m0/s1. The lowest BCUT2D eigenvalue weighted by atomic mass is 9.62. The van der Waals surface area contributed by atoms with Gasteiger partial charge >= 0.3 is 0 Å². The predicted molar refractivity (Wildman–Crippen MR) is 201 cm³/mol. The second kappa shape index (κ2) is 15.2. The normalized spacial score (nSPS) is 31.7. The van der Waals surface area contributed by atoms with Gasteiger partial charge in [0, 0.05) is 36.8 Å². The smallest absolute Gasteiger partial charge is 0.264 e. The number of carbonyl (C=O) groups is 1. The van der Waals surface area contributed by atoms with Crippen molar-refractivity contribution in [1.29, 1.82) is 0 Å². The lowest BCUT2D eigenvalue weighted by Gasteiger charge is -2.52. The number of aliphatic hydroxyl groups is 1. The molecule has 1 aliphatic carbocycles.